The number of hydrogen-bond acceptors (Lipinski definition) is 3. The number of aromatic nitrogens is 2. The van der Waals surface area contributed by atoms with Gasteiger partial charge in [-0.2, -0.15) is 13.2 Å². The van der Waals surface area contributed by atoms with Gasteiger partial charge < -0.3 is 9.30 Å². The number of alkyl halides is 3. The summed E-state index contributed by atoms with van der Waals surface area (Å²) in [6.45, 7) is 0. The van der Waals surface area contributed by atoms with Gasteiger partial charge in [0.15, 0.2) is 5.69 Å². The SMILES string of the molecule is COC(=O)C12C3C4C1C1C2C3C41c1nc(C(F)(F)F)cn1C. The van der Waals surface area contributed by atoms with Crippen LogP contribution >= 0.6 is 0 Å². The van der Waals surface area contributed by atoms with Gasteiger partial charge in [0, 0.05) is 18.7 Å². The van der Waals surface area contributed by atoms with Crippen LogP contribution in [0.15, 0.2) is 6.20 Å². The molecule has 0 unspecified atom stereocenters. The minimum absolute atomic E-state index is 0.0969. The van der Waals surface area contributed by atoms with Crippen LogP contribution in [-0.4, -0.2) is 22.6 Å². The molecule has 0 atom stereocenters. The largest absolute Gasteiger partial charge is 0.469 e. The highest BCUT2D eigenvalue weighted by molar-refractivity contribution is 5.89. The van der Waals surface area contributed by atoms with Gasteiger partial charge in [-0.15, -0.1) is 0 Å². The number of imidazole rings is 1. The molecule has 0 saturated heterocycles. The van der Waals surface area contributed by atoms with Crippen molar-refractivity contribution in [1.29, 1.82) is 0 Å². The molecule has 1 aromatic rings. The van der Waals surface area contributed by atoms with Crippen LogP contribution in [0.25, 0.3) is 0 Å². The number of hydrogen-bond donors (Lipinski definition) is 0. The van der Waals surface area contributed by atoms with Crippen molar-refractivity contribution in [2.45, 2.75) is 11.6 Å². The minimum Gasteiger partial charge on any atom is -0.469 e. The summed E-state index contributed by atoms with van der Waals surface area (Å²) in [5, 5.41) is 0. The second-order valence-electron chi connectivity index (χ2n) is 7.57. The predicted molar refractivity (Wildman–Crippen MR) is 65.3 cm³/mol. The molecule has 1 aromatic heterocycles. The minimum atomic E-state index is -4.40. The third kappa shape index (κ3) is 0.689. The Kier molecular flexibility index (Phi) is 1.48. The maximum atomic E-state index is 12.9. The highest BCUT2D eigenvalue weighted by atomic mass is 19.4. The fourth-order valence-electron chi connectivity index (χ4n) is 7.57. The van der Waals surface area contributed by atoms with Crippen molar-refractivity contribution >= 4 is 5.97 Å². The zero-order chi connectivity index (χ0) is 15.4. The van der Waals surface area contributed by atoms with Crippen LogP contribution in [0.3, 0.4) is 0 Å². The Balaban J connectivity index is 1.40. The van der Waals surface area contributed by atoms with E-state index in [-0.39, 0.29) is 16.8 Å². The van der Waals surface area contributed by atoms with E-state index in [0.29, 0.717) is 41.3 Å². The summed E-state index contributed by atoms with van der Waals surface area (Å²) < 4.78 is 45.2. The number of esters is 1. The molecule has 1 heterocycles. The van der Waals surface area contributed by atoms with Gasteiger partial charge in [-0.3, -0.25) is 4.79 Å². The van der Waals surface area contributed by atoms with E-state index in [4.69, 9.17) is 4.74 Å². The Morgan fingerprint density at radius 1 is 1.23 bits per heavy atom. The van der Waals surface area contributed by atoms with Gasteiger partial charge in [-0.25, -0.2) is 4.98 Å². The first-order chi connectivity index (χ1) is 10.3. The number of aryl methyl sites for hydroxylation is 1. The quantitative estimate of drug-likeness (QED) is 0.780. The van der Waals surface area contributed by atoms with Crippen molar-refractivity contribution in [3.05, 3.63) is 17.7 Å². The van der Waals surface area contributed by atoms with Gasteiger partial charge >= 0.3 is 12.1 Å². The molecule has 6 saturated carbocycles. The zero-order valence-corrected chi connectivity index (χ0v) is 11.9. The van der Waals surface area contributed by atoms with Crippen LogP contribution in [0.2, 0.25) is 0 Å². The van der Waals surface area contributed by atoms with Crippen LogP contribution in [0.1, 0.15) is 11.5 Å². The molecule has 0 aliphatic heterocycles. The van der Waals surface area contributed by atoms with Gasteiger partial charge in [0.05, 0.1) is 12.5 Å². The Hall–Kier alpha value is -1.53. The Morgan fingerprint density at radius 3 is 2.18 bits per heavy atom. The van der Waals surface area contributed by atoms with E-state index in [1.54, 1.807) is 11.6 Å². The van der Waals surface area contributed by atoms with Crippen LogP contribution in [0.4, 0.5) is 13.2 Å². The van der Waals surface area contributed by atoms with Crippen LogP contribution < -0.4 is 0 Å². The van der Waals surface area contributed by atoms with Crippen LogP contribution in [0.5, 0.6) is 0 Å². The lowest BCUT2D eigenvalue weighted by Gasteiger charge is -3.09. The average molecular weight is 310 g/mol. The smallest absolute Gasteiger partial charge is 0.434 e. The topological polar surface area (TPSA) is 44.1 Å². The first kappa shape index (κ1) is 12.0. The number of methoxy groups -OCH3 is 1. The molecule has 22 heavy (non-hydrogen) atoms. The van der Waals surface area contributed by atoms with Crippen molar-refractivity contribution < 1.29 is 22.7 Å². The average Bonchev–Trinajstić information content (AvgIpc) is 2.88. The summed E-state index contributed by atoms with van der Waals surface area (Å²) in [4.78, 5) is 16.0. The van der Waals surface area contributed by atoms with E-state index < -0.39 is 11.9 Å². The van der Waals surface area contributed by atoms with Gasteiger partial charge in [-0.05, 0) is 35.5 Å². The maximum absolute atomic E-state index is 12.9. The normalized spacial score (nSPS) is 54.2. The predicted octanol–water partition coefficient (Wildman–Crippen LogP) is 1.60. The molecule has 4 nitrogen and oxygen atoms in total. The number of rotatable bonds is 2. The fourth-order valence-corrected chi connectivity index (χ4v) is 7.57. The third-order valence-corrected chi connectivity index (χ3v) is 7.72. The summed E-state index contributed by atoms with van der Waals surface area (Å²) >= 11 is 0. The second kappa shape index (κ2) is 2.71. The first-order valence-electron chi connectivity index (χ1n) is 7.53. The van der Waals surface area contributed by atoms with Gasteiger partial charge in [0.2, 0.25) is 0 Å². The summed E-state index contributed by atoms with van der Waals surface area (Å²) in [5.74, 6) is 2.57. The molecular formula is C15H13F3N2O2. The molecule has 0 bridgehead atoms. The van der Waals surface area contributed by atoms with Crippen molar-refractivity contribution in [3.63, 3.8) is 0 Å². The number of carbonyl (C=O) groups is 1. The highest BCUT2D eigenvalue weighted by Gasteiger charge is 3.12. The number of ether oxygens (including phenoxy) is 1. The van der Waals surface area contributed by atoms with Gasteiger partial charge in [-0.1, -0.05) is 0 Å². The molecule has 116 valence electrons. The monoisotopic (exact) mass is 310 g/mol. The number of halogens is 3. The maximum Gasteiger partial charge on any atom is 0.434 e. The summed E-state index contributed by atoms with van der Waals surface area (Å²) in [6, 6.07) is 0. The molecule has 7 heteroatoms. The van der Waals surface area contributed by atoms with Crippen LogP contribution in [-0.2, 0) is 28.2 Å². The Labute approximate surface area is 123 Å². The first-order valence-corrected chi connectivity index (χ1v) is 7.53. The molecule has 0 radical (unpaired) electrons. The molecule has 7 rings (SSSR count). The Bertz CT molecular complexity index is 727. The molecular weight excluding hydrogens is 297 g/mol. The number of carbonyl (C=O) groups excluding carboxylic acids is 1. The molecule has 6 aliphatic carbocycles. The molecule has 6 fully saturated rings. The molecule has 6 aliphatic rings. The van der Waals surface area contributed by atoms with E-state index in [2.05, 4.69) is 4.98 Å². The van der Waals surface area contributed by atoms with E-state index in [0.717, 1.165) is 6.20 Å². The summed E-state index contributed by atoms with van der Waals surface area (Å²) in [5.41, 5.74) is -1.22. The van der Waals surface area contributed by atoms with E-state index >= 15 is 0 Å². The molecule has 0 amide bonds. The van der Waals surface area contributed by atoms with Crippen molar-refractivity contribution in [1.82, 2.24) is 9.55 Å². The standard InChI is InChI=1S/C15H13F3N2O2/c1-20-3-4(15(16,17)18)19-11(20)13-5-8-6(13)10-7(13)9(5)14(8,10)12(21)22-2/h3,5-10H,1-2H3. The fraction of sp³-hybridized carbons (Fsp3) is 0.733. The number of nitrogens with zero attached hydrogens (tertiary/aromatic N) is 2. The zero-order valence-electron chi connectivity index (χ0n) is 11.9. The molecule has 0 aromatic carbocycles. The third-order valence-electron chi connectivity index (χ3n) is 7.72. The second-order valence-corrected chi connectivity index (χ2v) is 7.57. The highest BCUT2D eigenvalue weighted by Crippen LogP contribution is 3.09. The van der Waals surface area contributed by atoms with Gasteiger partial charge in [0.1, 0.15) is 5.82 Å². The van der Waals surface area contributed by atoms with Crippen molar-refractivity contribution in [3.8, 4) is 0 Å². The summed E-state index contributed by atoms with van der Waals surface area (Å²) in [6.07, 6.45) is -3.31. The van der Waals surface area contributed by atoms with E-state index in [1.165, 1.54) is 7.11 Å². The van der Waals surface area contributed by atoms with Gasteiger partial charge in [0.25, 0.3) is 0 Å². The van der Waals surface area contributed by atoms with Crippen molar-refractivity contribution in [2.75, 3.05) is 7.11 Å². The lowest BCUT2D eigenvalue weighted by molar-refractivity contribution is -0.614. The lowest BCUT2D eigenvalue weighted by atomic mass is 8.92. The Morgan fingerprint density at radius 2 is 1.77 bits per heavy atom. The molecule has 0 N–H and O–H groups in total. The summed E-state index contributed by atoms with van der Waals surface area (Å²) in [7, 11) is 3.07. The van der Waals surface area contributed by atoms with E-state index in [9.17, 15) is 18.0 Å². The van der Waals surface area contributed by atoms with Crippen LogP contribution in [0, 0.1) is 40.9 Å². The molecule has 0 spiro atoms. The van der Waals surface area contributed by atoms with E-state index in [1.807, 2.05) is 0 Å². The van der Waals surface area contributed by atoms with Crippen molar-refractivity contribution in [2.24, 2.45) is 48.0 Å². The lowest BCUT2D eigenvalue weighted by Crippen LogP contribution is -3.12.